The number of amides is 2. The minimum Gasteiger partial charge on any atom is -0.334 e. The number of carbonyl (C=O) groups excluding carboxylic acids is 1. The van der Waals surface area contributed by atoms with Gasteiger partial charge in [0.15, 0.2) is 0 Å². The van der Waals surface area contributed by atoms with Gasteiger partial charge >= 0.3 is 6.03 Å². The maximum atomic E-state index is 13.7. The van der Waals surface area contributed by atoms with Crippen molar-refractivity contribution in [1.29, 1.82) is 0 Å². The van der Waals surface area contributed by atoms with Crippen LogP contribution in [0.25, 0.3) is 0 Å². The lowest BCUT2D eigenvalue weighted by atomic mass is 10.0. The Morgan fingerprint density at radius 2 is 2.35 bits per heavy atom. The molecule has 0 saturated carbocycles. The average molecular weight is 337 g/mol. The number of aryl methyl sites for hydroxylation is 1. The molecule has 1 fully saturated rings. The van der Waals surface area contributed by atoms with E-state index in [-0.39, 0.29) is 12.6 Å². The highest BCUT2D eigenvalue weighted by molar-refractivity contribution is 6.30. The quantitative estimate of drug-likeness (QED) is 0.937. The van der Waals surface area contributed by atoms with E-state index >= 15 is 0 Å². The van der Waals surface area contributed by atoms with Crippen LogP contribution in [0.2, 0.25) is 5.02 Å². The summed E-state index contributed by atoms with van der Waals surface area (Å²) in [5, 5.41) is 7.27. The van der Waals surface area contributed by atoms with Crippen molar-refractivity contribution >= 4 is 17.6 Å². The fourth-order valence-electron chi connectivity index (χ4n) is 2.82. The molecule has 7 heteroatoms. The summed E-state index contributed by atoms with van der Waals surface area (Å²) in [5.41, 5.74) is 1.57. The van der Waals surface area contributed by atoms with Gasteiger partial charge in [0, 0.05) is 49.4 Å². The number of nitrogens with zero attached hydrogens (tertiary/aromatic N) is 3. The number of likely N-dealkylation sites (tertiary alicyclic amines) is 1. The van der Waals surface area contributed by atoms with Gasteiger partial charge in [0.1, 0.15) is 5.82 Å². The van der Waals surface area contributed by atoms with Crippen molar-refractivity contribution in [2.45, 2.75) is 18.9 Å². The Kier molecular flexibility index (Phi) is 4.52. The lowest BCUT2D eigenvalue weighted by Crippen LogP contribution is -2.38. The van der Waals surface area contributed by atoms with E-state index in [1.54, 1.807) is 21.7 Å². The maximum Gasteiger partial charge on any atom is 0.317 e. The number of urea groups is 1. The number of hydrogen-bond acceptors (Lipinski definition) is 2. The summed E-state index contributed by atoms with van der Waals surface area (Å²) in [7, 11) is 1.88. The molecule has 2 aromatic rings. The van der Waals surface area contributed by atoms with Crippen molar-refractivity contribution in [3.8, 4) is 0 Å². The van der Waals surface area contributed by atoms with Gasteiger partial charge in [-0.05, 0) is 24.1 Å². The SMILES string of the molecule is Cn1cc([C@H]2CCN(C(=O)NCc3ccc(Cl)cc3F)C2)cn1. The molecule has 122 valence electrons. The van der Waals surface area contributed by atoms with Gasteiger partial charge in [-0.2, -0.15) is 5.10 Å². The monoisotopic (exact) mass is 336 g/mol. The third-order valence-electron chi connectivity index (χ3n) is 4.12. The van der Waals surface area contributed by atoms with Crippen LogP contribution >= 0.6 is 11.6 Å². The minimum atomic E-state index is -0.410. The zero-order valence-corrected chi connectivity index (χ0v) is 13.6. The topological polar surface area (TPSA) is 50.2 Å². The molecule has 2 amide bonds. The van der Waals surface area contributed by atoms with Crippen LogP contribution in [0.1, 0.15) is 23.5 Å². The summed E-state index contributed by atoms with van der Waals surface area (Å²) in [6, 6.07) is 4.27. The molecule has 1 aliphatic heterocycles. The van der Waals surface area contributed by atoms with E-state index in [0.717, 1.165) is 12.0 Å². The molecule has 1 aliphatic rings. The van der Waals surface area contributed by atoms with E-state index in [2.05, 4.69) is 10.4 Å². The van der Waals surface area contributed by atoms with Gasteiger partial charge in [-0.25, -0.2) is 9.18 Å². The van der Waals surface area contributed by atoms with Gasteiger partial charge in [-0.1, -0.05) is 17.7 Å². The highest BCUT2D eigenvalue weighted by Gasteiger charge is 2.28. The summed E-state index contributed by atoms with van der Waals surface area (Å²) in [5.74, 6) is -0.103. The number of nitrogens with one attached hydrogen (secondary N) is 1. The lowest BCUT2D eigenvalue weighted by molar-refractivity contribution is 0.207. The van der Waals surface area contributed by atoms with Gasteiger partial charge in [0.25, 0.3) is 0 Å². The van der Waals surface area contributed by atoms with Crippen LogP contribution in [-0.2, 0) is 13.6 Å². The first-order chi connectivity index (χ1) is 11.0. The number of carbonyl (C=O) groups is 1. The summed E-state index contributed by atoms with van der Waals surface area (Å²) < 4.78 is 15.5. The van der Waals surface area contributed by atoms with Crippen LogP contribution in [0.4, 0.5) is 9.18 Å². The molecule has 0 bridgehead atoms. The second-order valence-corrected chi connectivity index (χ2v) is 6.21. The smallest absolute Gasteiger partial charge is 0.317 e. The zero-order valence-electron chi connectivity index (χ0n) is 12.8. The third-order valence-corrected chi connectivity index (χ3v) is 4.35. The number of aromatic nitrogens is 2. The van der Waals surface area contributed by atoms with Crippen LogP contribution in [-0.4, -0.2) is 33.8 Å². The summed E-state index contributed by atoms with van der Waals surface area (Å²) in [6.45, 7) is 1.49. The highest BCUT2D eigenvalue weighted by Crippen LogP contribution is 2.26. The molecule has 0 radical (unpaired) electrons. The average Bonchev–Trinajstić information content (AvgIpc) is 3.14. The molecule has 1 saturated heterocycles. The molecule has 0 aliphatic carbocycles. The first kappa shape index (κ1) is 15.8. The second kappa shape index (κ2) is 6.58. The van der Waals surface area contributed by atoms with E-state index in [0.29, 0.717) is 29.6 Å². The largest absolute Gasteiger partial charge is 0.334 e. The number of rotatable bonds is 3. The van der Waals surface area contributed by atoms with Crippen LogP contribution < -0.4 is 5.32 Å². The van der Waals surface area contributed by atoms with E-state index < -0.39 is 5.82 Å². The van der Waals surface area contributed by atoms with Gasteiger partial charge in [0.2, 0.25) is 0 Å². The van der Waals surface area contributed by atoms with Crippen molar-refractivity contribution in [3.05, 3.63) is 52.6 Å². The Bertz CT molecular complexity index is 718. The Balaban J connectivity index is 1.55. The Labute approximate surface area is 139 Å². The molecule has 2 heterocycles. The second-order valence-electron chi connectivity index (χ2n) is 5.77. The first-order valence-corrected chi connectivity index (χ1v) is 7.86. The van der Waals surface area contributed by atoms with Gasteiger partial charge in [-0.3, -0.25) is 4.68 Å². The van der Waals surface area contributed by atoms with Crippen LogP contribution in [0.3, 0.4) is 0 Å². The first-order valence-electron chi connectivity index (χ1n) is 7.48. The predicted molar refractivity (Wildman–Crippen MR) is 85.8 cm³/mol. The summed E-state index contributed by atoms with van der Waals surface area (Å²) in [6.07, 6.45) is 4.73. The fraction of sp³-hybridized carbons (Fsp3) is 0.375. The maximum absolute atomic E-state index is 13.7. The molecule has 0 spiro atoms. The van der Waals surface area contributed by atoms with Gasteiger partial charge in [0.05, 0.1) is 6.20 Å². The lowest BCUT2D eigenvalue weighted by Gasteiger charge is -2.17. The Morgan fingerprint density at radius 1 is 1.52 bits per heavy atom. The van der Waals surface area contributed by atoms with E-state index in [1.165, 1.54) is 6.07 Å². The van der Waals surface area contributed by atoms with Crippen molar-refractivity contribution < 1.29 is 9.18 Å². The Hall–Kier alpha value is -2.08. The summed E-state index contributed by atoms with van der Waals surface area (Å²) in [4.78, 5) is 14.0. The highest BCUT2D eigenvalue weighted by atomic mass is 35.5. The van der Waals surface area contributed by atoms with Crippen molar-refractivity contribution in [2.75, 3.05) is 13.1 Å². The van der Waals surface area contributed by atoms with Crippen LogP contribution in [0.15, 0.2) is 30.6 Å². The van der Waals surface area contributed by atoms with E-state index in [9.17, 15) is 9.18 Å². The number of benzene rings is 1. The third kappa shape index (κ3) is 3.64. The summed E-state index contributed by atoms with van der Waals surface area (Å²) >= 11 is 5.72. The van der Waals surface area contributed by atoms with Gasteiger partial charge < -0.3 is 10.2 Å². The molecule has 1 aromatic heterocycles. The molecule has 1 aromatic carbocycles. The minimum absolute atomic E-state index is 0.149. The molecule has 0 unspecified atom stereocenters. The zero-order chi connectivity index (χ0) is 16.4. The number of halogens is 2. The molecular formula is C16H18ClFN4O. The van der Waals surface area contributed by atoms with Crippen LogP contribution in [0.5, 0.6) is 0 Å². The molecule has 23 heavy (non-hydrogen) atoms. The van der Waals surface area contributed by atoms with Crippen molar-refractivity contribution in [3.63, 3.8) is 0 Å². The standard InChI is InChI=1S/C16H18ClFN4O/c1-21-9-13(8-20-21)12-4-5-22(10-12)16(23)19-7-11-2-3-14(17)6-15(11)18/h2-3,6,8-9,12H,4-5,7,10H2,1H3,(H,19,23)/t12-/m0/s1. The van der Waals surface area contributed by atoms with E-state index in [1.807, 2.05) is 19.4 Å². The Morgan fingerprint density at radius 3 is 3.04 bits per heavy atom. The molecular weight excluding hydrogens is 319 g/mol. The van der Waals surface area contributed by atoms with Gasteiger partial charge in [-0.15, -0.1) is 0 Å². The molecule has 5 nitrogen and oxygen atoms in total. The van der Waals surface area contributed by atoms with Crippen LogP contribution in [0, 0.1) is 5.82 Å². The molecule has 3 rings (SSSR count). The predicted octanol–water partition coefficient (Wildman–Crippen LogP) is 2.91. The number of hydrogen-bond donors (Lipinski definition) is 1. The molecule has 1 atom stereocenters. The van der Waals surface area contributed by atoms with Crippen molar-refractivity contribution in [1.82, 2.24) is 20.0 Å². The molecule has 1 N–H and O–H groups in total. The fourth-order valence-corrected chi connectivity index (χ4v) is 2.97. The van der Waals surface area contributed by atoms with Crippen molar-refractivity contribution in [2.24, 2.45) is 7.05 Å². The van der Waals surface area contributed by atoms with E-state index in [4.69, 9.17) is 11.6 Å². The normalized spacial score (nSPS) is 17.5.